The number of nitrogens with one attached hydrogen (secondary N) is 1. The number of hydrazine groups is 1. The lowest BCUT2D eigenvalue weighted by Crippen LogP contribution is -2.05. The number of hydrogen-bond donors (Lipinski definition) is 2. The zero-order valence-corrected chi connectivity index (χ0v) is 7.60. The maximum Gasteiger partial charge on any atom is 0.0485 e. The van der Waals surface area contributed by atoms with Crippen molar-refractivity contribution in [3.05, 3.63) is 36.9 Å². The zero-order chi connectivity index (χ0) is 8.81. The minimum Gasteiger partial charge on any atom is -0.324 e. The molecule has 3 N–H and O–H groups in total. The van der Waals surface area contributed by atoms with Gasteiger partial charge in [0.25, 0.3) is 0 Å². The molecular weight excluding hydrogens is 168 g/mol. The molecule has 0 heterocycles. The summed E-state index contributed by atoms with van der Waals surface area (Å²) >= 11 is 1.75. The Morgan fingerprint density at radius 1 is 1.42 bits per heavy atom. The number of thioether (sulfide) groups is 1. The predicted molar refractivity (Wildman–Crippen MR) is 55.2 cm³/mol. The molecule has 0 aromatic heterocycles. The monoisotopic (exact) mass is 180 g/mol. The molecule has 0 radical (unpaired) electrons. The molecule has 12 heavy (non-hydrogen) atoms. The highest BCUT2D eigenvalue weighted by Crippen LogP contribution is 2.19. The predicted octanol–water partition coefficient (Wildman–Crippen LogP) is 2.25. The van der Waals surface area contributed by atoms with E-state index >= 15 is 0 Å². The van der Waals surface area contributed by atoms with Crippen LogP contribution in [-0.4, -0.2) is 5.75 Å². The average Bonchev–Trinajstić information content (AvgIpc) is 2.15. The van der Waals surface area contributed by atoms with E-state index < -0.39 is 0 Å². The third-order valence-corrected chi connectivity index (χ3v) is 2.40. The molecule has 0 aliphatic rings. The number of anilines is 1. The molecule has 0 amide bonds. The van der Waals surface area contributed by atoms with Gasteiger partial charge in [0.05, 0.1) is 0 Å². The van der Waals surface area contributed by atoms with Gasteiger partial charge >= 0.3 is 0 Å². The molecule has 0 fully saturated rings. The van der Waals surface area contributed by atoms with Gasteiger partial charge in [-0.1, -0.05) is 6.08 Å². The van der Waals surface area contributed by atoms with Crippen molar-refractivity contribution in [3.63, 3.8) is 0 Å². The Kier molecular flexibility index (Phi) is 3.70. The maximum absolute atomic E-state index is 5.23. The highest BCUT2D eigenvalue weighted by molar-refractivity contribution is 7.99. The molecule has 2 nitrogen and oxygen atoms in total. The van der Waals surface area contributed by atoms with E-state index in [9.17, 15) is 0 Å². The van der Waals surface area contributed by atoms with Crippen LogP contribution in [0.1, 0.15) is 0 Å². The van der Waals surface area contributed by atoms with Crippen LogP contribution in [0.5, 0.6) is 0 Å². The quantitative estimate of drug-likeness (QED) is 0.323. The lowest BCUT2D eigenvalue weighted by molar-refractivity contribution is 1.33. The number of nitrogen functional groups attached to an aromatic ring is 1. The molecular formula is C9H12N2S. The smallest absolute Gasteiger partial charge is 0.0485 e. The summed E-state index contributed by atoms with van der Waals surface area (Å²) in [7, 11) is 0. The summed E-state index contributed by atoms with van der Waals surface area (Å²) in [5, 5.41) is 0. The summed E-state index contributed by atoms with van der Waals surface area (Å²) in [5.74, 6) is 6.17. The van der Waals surface area contributed by atoms with Gasteiger partial charge in [0.1, 0.15) is 0 Å². The first-order valence-corrected chi connectivity index (χ1v) is 4.65. The van der Waals surface area contributed by atoms with Crippen molar-refractivity contribution in [2.75, 3.05) is 11.2 Å². The van der Waals surface area contributed by atoms with Crippen LogP contribution in [0.25, 0.3) is 0 Å². The van der Waals surface area contributed by atoms with Crippen LogP contribution < -0.4 is 11.3 Å². The SMILES string of the molecule is C=CCSc1ccc(NN)cc1. The molecule has 1 aromatic carbocycles. The van der Waals surface area contributed by atoms with Gasteiger partial charge in [-0.15, -0.1) is 18.3 Å². The van der Waals surface area contributed by atoms with E-state index in [0.29, 0.717) is 0 Å². The van der Waals surface area contributed by atoms with Crippen LogP contribution in [0.2, 0.25) is 0 Å². The Morgan fingerprint density at radius 2 is 2.08 bits per heavy atom. The lowest BCUT2D eigenvalue weighted by Gasteiger charge is -2.01. The number of rotatable bonds is 4. The number of nitrogens with two attached hydrogens (primary N) is 1. The van der Waals surface area contributed by atoms with E-state index in [0.717, 1.165) is 11.4 Å². The zero-order valence-electron chi connectivity index (χ0n) is 6.79. The molecule has 0 bridgehead atoms. The molecule has 0 saturated carbocycles. The number of benzene rings is 1. The summed E-state index contributed by atoms with van der Waals surface area (Å²) < 4.78 is 0. The molecule has 0 aliphatic heterocycles. The summed E-state index contributed by atoms with van der Waals surface area (Å²) in [4.78, 5) is 1.23. The van der Waals surface area contributed by atoms with Crippen molar-refractivity contribution >= 4 is 17.4 Å². The Hall–Kier alpha value is -0.930. The van der Waals surface area contributed by atoms with Gasteiger partial charge in [0.15, 0.2) is 0 Å². The first-order valence-electron chi connectivity index (χ1n) is 3.67. The summed E-state index contributed by atoms with van der Waals surface area (Å²) in [6.45, 7) is 3.66. The van der Waals surface area contributed by atoms with Crippen LogP contribution in [0.4, 0.5) is 5.69 Å². The molecule has 64 valence electrons. The molecule has 0 unspecified atom stereocenters. The van der Waals surface area contributed by atoms with Crippen LogP contribution in [0.3, 0.4) is 0 Å². The van der Waals surface area contributed by atoms with Crippen molar-refractivity contribution in [1.29, 1.82) is 0 Å². The van der Waals surface area contributed by atoms with Gasteiger partial charge in [-0.3, -0.25) is 5.84 Å². The first kappa shape index (κ1) is 9.16. The maximum atomic E-state index is 5.23. The van der Waals surface area contributed by atoms with Crippen LogP contribution in [0.15, 0.2) is 41.8 Å². The molecule has 3 heteroatoms. The molecule has 0 atom stereocenters. The summed E-state index contributed by atoms with van der Waals surface area (Å²) in [5.41, 5.74) is 3.51. The van der Waals surface area contributed by atoms with Gasteiger partial charge in [0, 0.05) is 16.3 Å². The second-order valence-electron chi connectivity index (χ2n) is 2.27. The van der Waals surface area contributed by atoms with Gasteiger partial charge < -0.3 is 5.43 Å². The topological polar surface area (TPSA) is 38.0 Å². The van der Waals surface area contributed by atoms with E-state index in [1.807, 2.05) is 30.3 Å². The van der Waals surface area contributed by atoms with Crippen LogP contribution in [0, 0.1) is 0 Å². The highest BCUT2D eigenvalue weighted by atomic mass is 32.2. The normalized spacial score (nSPS) is 9.42. The average molecular weight is 180 g/mol. The molecule has 0 aliphatic carbocycles. The van der Waals surface area contributed by atoms with E-state index in [1.165, 1.54) is 4.90 Å². The molecule has 1 rings (SSSR count). The minimum atomic E-state index is 0.929. The van der Waals surface area contributed by atoms with E-state index in [-0.39, 0.29) is 0 Å². The second kappa shape index (κ2) is 4.85. The summed E-state index contributed by atoms with van der Waals surface area (Å²) in [6, 6.07) is 7.96. The standard InChI is InChI=1S/C9H12N2S/c1-2-7-12-9-5-3-8(11-10)4-6-9/h2-6,11H,1,7,10H2. The van der Waals surface area contributed by atoms with E-state index in [2.05, 4.69) is 12.0 Å². The van der Waals surface area contributed by atoms with Gasteiger partial charge in [-0.2, -0.15) is 0 Å². The Bertz CT molecular complexity index is 243. The Labute approximate surface area is 76.8 Å². The van der Waals surface area contributed by atoms with Crippen molar-refractivity contribution < 1.29 is 0 Å². The fraction of sp³-hybridized carbons (Fsp3) is 0.111. The highest BCUT2D eigenvalue weighted by Gasteiger charge is 1.91. The Morgan fingerprint density at radius 3 is 2.58 bits per heavy atom. The van der Waals surface area contributed by atoms with E-state index in [1.54, 1.807) is 11.8 Å². The van der Waals surface area contributed by atoms with Crippen molar-refractivity contribution in [2.24, 2.45) is 5.84 Å². The first-order chi connectivity index (χ1) is 5.86. The third kappa shape index (κ3) is 2.60. The van der Waals surface area contributed by atoms with Crippen LogP contribution >= 0.6 is 11.8 Å². The van der Waals surface area contributed by atoms with E-state index in [4.69, 9.17) is 5.84 Å². The third-order valence-electron chi connectivity index (χ3n) is 1.39. The largest absolute Gasteiger partial charge is 0.324 e. The van der Waals surface area contributed by atoms with Gasteiger partial charge in [-0.05, 0) is 24.3 Å². The second-order valence-corrected chi connectivity index (χ2v) is 3.36. The van der Waals surface area contributed by atoms with Gasteiger partial charge in [0.2, 0.25) is 0 Å². The fourth-order valence-corrected chi connectivity index (χ4v) is 1.44. The van der Waals surface area contributed by atoms with Crippen molar-refractivity contribution in [1.82, 2.24) is 0 Å². The summed E-state index contributed by atoms with van der Waals surface area (Å²) in [6.07, 6.45) is 1.89. The van der Waals surface area contributed by atoms with Crippen molar-refractivity contribution in [3.8, 4) is 0 Å². The Balaban J connectivity index is 2.58. The van der Waals surface area contributed by atoms with Gasteiger partial charge in [-0.25, -0.2) is 0 Å². The lowest BCUT2D eigenvalue weighted by atomic mass is 10.3. The van der Waals surface area contributed by atoms with Crippen molar-refractivity contribution in [2.45, 2.75) is 4.90 Å². The number of hydrogen-bond acceptors (Lipinski definition) is 3. The molecule has 0 saturated heterocycles. The molecule has 0 spiro atoms. The molecule has 1 aromatic rings. The minimum absolute atomic E-state index is 0.929. The fourth-order valence-electron chi connectivity index (χ4n) is 0.803. The van der Waals surface area contributed by atoms with Crippen LogP contribution in [-0.2, 0) is 0 Å².